The van der Waals surface area contributed by atoms with E-state index in [-0.39, 0.29) is 28.9 Å². The lowest BCUT2D eigenvalue weighted by molar-refractivity contribution is -0.214. The predicted octanol–water partition coefficient (Wildman–Crippen LogP) is 4.09. The van der Waals surface area contributed by atoms with Crippen molar-refractivity contribution in [3.8, 4) is 11.4 Å². The molecular weight excluding hydrogens is 400 g/mol. The van der Waals surface area contributed by atoms with Gasteiger partial charge in [0.2, 0.25) is 0 Å². The molecule has 1 aliphatic heterocycles. The molecule has 1 aliphatic rings. The van der Waals surface area contributed by atoms with Crippen LogP contribution in [0.4, 0.5) is 17.6 Å². The minimum absolute atomic E-state index is 0.142. The molecule has 0 aliphatic carbocycles. The first-order valence-corrected chi connectivity index (χ1v) is 8.60. The Balaban J connectivity index is 2.28. The Morgan fingerprint density at radius 1 is 1.07 bits per heavy atom. The SMILES string of the molecule is CC1(C)OCC(N)=N[C@](C)(c2cc(-c3ncc(Cl)cn3)c(F)cc2F)C1(F)F. The van der Waals surface area contributed by atoms with Gasteiger partial charge in [0.05, 0.1) is 10.6 Å². The van der Waals surface area contributed by atoms with Crippen LogP contribution in [0, 0.1) is 11.6 Å². The van der Waals surface area contributed by atoms with Crippen LogP contribution in [-0.2, 0) is 10.3 Å². The summed E-state index contributed by atoms with van der Waals surface area (Å²) in [5.41, 5.74) is 0.368. The van der Waals surface area contributed by atoms with Crippen LogP contribution in [0.2, 0.25) is 5.02 Å². The number of ether oxygens (including phenoxy) is 1. The van der Waals surface area contributed by atoms with Crippen LogP contribution in [-0.4, -0.2) is 33.9 Å². The molecular formula is C18H17ClF4N4O. The first kappa shape index (κ1) is 20.5. The number of nitrogens with zero attached hydrogens (tertiary/aromatic N) is 3. The van der Waals surface area contributed by atoms with Crippen molar-refractivity contribution in [2.45, 2.75) is 37.8 Å². The molecule has 0 radical (unpaired) electrons. The number of hydrogen-bond donors (Lipinski definition) is 1. The van der Waals surface area contributed by atoms with Gasteiger partial charge >= 0.3 is 5.92 Å². The molecule has 3 rings (SSSR count). The van der Waals surface area contributed by atoms with E-state index in [2.05, 4.69) is 15.0 Å². The molecule has 0 amide bonds. The lowest BCUT2D eigenvalue weighted by Crippen LogP contribution is -2.56. The molecule has 0 saturated carbocycles. The highest BCUT2D eigenvalue weighted by atomic mass is 35.5. The van der Waals surface area contributed by atoms with Crippen LogP contribution in [0.3, 0.4) is 0 Å². The number of benzene rings is 1. The van der Waals surface area contributed by atoms with Crippen LogP contribution in [0.25, 0.3) is 11.4 Å². The average Bonchev–Trinajstić information content (AvgIpc) is 2.65. The third-order valence-corrected chi connectivity index (χ3v) is 4.95. The molecule has 28 heavy (non-hydrogen) atoms. The molecule has 0 fully saturated rings. The van der Waals surface area contributed by atoms with E-state index in [1.54, 1.807) is 0 Å². The fourth-order valence-corrected chi connectivity index (χ4v) is 3.19. The summed E-state index contributed by atoms with van der Waals surface area (Å²) in [7, 11) is 0. The quantitative estimate of drug-likeness (QED) is 0.748. The van der Waals surface area contributed by atoms with Crippen LogP contribution >= 0.6 is 11.6 Å². The molecule has 1 aromatic carbocycles. The van der Waals surface area contributed by atoms with Gasteiger partial charge in [0.15, 0.2) is 11.4 Å². The zero-order valence-corrected chi connectivity index (χ0v) is 16.0. The molecule has 1 aromatic heterocycles. The van der Waals surface area contributed by atoms with Gasteiger partial charge in [-0.1, -0.05) is 11.6 Å². The number of amidine groups is 1. The third-order valence-electron chi connectivity index (χ3n) is 4.76. The number of rotatable bonds is 2. The van der Waals surface area contributed by atoms with Crippen molar-refractivity contribution in [2.75, 3.05) is 6.61 Å². The zero-order valence-electron chi connectivity index (χ0n) is 15.2. The van der Waals surface area contributed by atoms with E-state index < -0.39 is 34.3 Å². The van der Waals surface area contributed by atoms with E-state index in [4.69, 9.17) is 22.1 Å². The first-order chi connectivity index (χ1) is 12.9. The number of nitrogens with two attached hydrogens (primary N) is 1. The van der Waals surface area contributed by atoms with Crippen molar-refractivity contribution >= 4 is 17.4 Å². The van der Waals surface area contributed by atoms with Gasteiger partial charge in [-0.3, -0.25) is 4.99 Å². The van der Waals surface area contributed by atoms with E-state index in [0.717, 1.165) is 26.8 Å². The first-order valence-electron chi connectivity index (χ1n) is 8.22. The number of aliphatic imine (C=N–C) groups is 1. The van der Waals surface area contributed by atoms with Crippen LogP contribution in [0.15, 0.2) is 29.5 Å². The lowest BCUT2D eigenvalue weighted by Gasteiger charge is -2.42. The van der Waals surface area contributed by atoms with Gasteiger partial charge in [0.1, 0.15) is 29.7 Å². The van der Waals surface area contributed by atoms with Crippen molar-refractivity contribution in [3.63, 3.8) is 0 Å². The molecule has 0 bridgehead atoms. The summed E-state index contributed by atoms with van der Waals surface area (Å²) in [4.78, 5) is 11.6. The fourth-order valence-electron chi connectivity index (χ4n) is 3.09. The summed E-state index contributed by atoms with van der Waals surface area (Å²) in [6.45, 7) is 2.99. The Kier molecular flexibility index (Phi) is 4.87. The van der Waals surface area contributed by atoms with Crippen molar-refractivity contribution in [2.24, 2.45) is 10.7 Å². The third kappa shape index (κ3) is 3.12. The van der Waals surface area contributed by atoms with E-state index in [1.807, 2.05) is 0 Å². The minimum atomic E-state index is -3.70. The van der Waals surface area contributed by atoms with Gasteiger partial charge in [0.25, 0.3) is 0 Å². The topological polar surface area (TPSA) is 73.4 Å². The summed E-state index contributed by atoms with van der Waals surface area (Å²) < 4.78 is 65.1. The molecule has 10 heteroatoms. The highest BCUT2D eigenvalue weighted by Crippen LogP contribution is 2.51. The Labute approximate surface area is 163 Å². The second-order valence-electron chi connectivity index (χ2n) is 7.09. The number of halogens is 5. The Bertz CT molecular complexity index is 949. The molecule has 0 unspecified atom stereocenters. The standard InChI is InChI=1S/C18H17ClF4N4O/c1-16(2)18(22,23)17(3,27-14(24)8-28-16)11-4-10(12(20)5-13(11)21)15-25-6-9(19)7-26-15/h4-7H,8H2,1-3H3,(H2,24,27)/t17-/m1/s1. The van der Waals surface area contributed by atoms with Crippen molar-refractivity contribution in [3.05, 3.63) is 46.7 Å². The van der Waals surface area contributed by atoms with E-state index in [0.29, 0.717) is 6.07 Å². The van der Waals surface area contributed by atoms with E-state index in [9.17, 15) is 8.78 Å². The summed E-state index contributed by atoms with van der Waals surface area (Å²) in [5.74, 6) is -6.29. The molecule has 5 nitrogen and oxygen atoms in total. The van der Waals surface area contributed by atoms with Crippen LogP contribution in [0.1, 0.15) is 26.3 Å². The largest absolute Gasteiger partial charge is 0.385 e. The summed E-state index contributed by atoms with van der Waals surface area (Å²) in [5, 5.41) is 0.199. The normalized spacial score (nSPS) is 23.8. The van der Waals surface area contributed by atoms with Gasteiger partial charge in [-0.25, -0.2) is 27.5 Å². The van der Waals surface area contributed by atoms with Gasteiger partial charge in [0, 0.05) is 24.0 Å². The second kappa shape index (κ2) is 6.66. The molecule has 0 spiro atoms. The Morgan fingerprint density at radius 3 is 2.29 bits per heavy atom. The number of aromatic nitrogens is 2. The smallest absolute Gasteiger partial charge is 0.304 e. The van der Waals surface area contributed by atoms with Crippen LogP contribution < -0.4 is 5.73 Å². The van der Waals surface area contributed by atoms with E-state index in [1.165, 1.54) is 12.4 Å². The second-order valence-corrected chi connectivity index (χ2v) is 7.52. The highest BCUT2D eigenvalue weighted by molar-refractivity contribution is 6.30. The van der Waals surface area contributed by atoms with Crippen LogP contribution in [0.5, 0.6) is 0 Å². The maximum atomic E-state index is 15.4. The maximum Gasteiger partial charge on any atom is 0.304 e. The van der Waals surface area contributed by atoms with Crippen molar-refractivity contribution in [1.29, 1.82) is 0 Å². The monoisotopic (exact) mass is 416 g/mol. The summed E-state index contributed by atoms with van der Waals surface area (Å²) in [6.07, 6.45) is 2.42. The molecule has 2 N–H and O–H groups in total. The lowest BCUT2D eigenvalue weighted by atomic mass is 9.77. The molecule has 1 atom stereocenters. The minimum Gasteiger partial charge on any atom is -0.385 e. The van der Waals surface area contributed by atoms with Gasteiger partial charge in [-0.05, 0) is 26.8 Å². The molecule has 0 saturated heterocycles. The molecule has 2 aromatic rings. The van der Waals surface area contributed by atoms with Crippen molar-refractivity contribution < 1.29 is 22.3 Å². The molecule has 150 valence electrons. The van der Waals surface area contributed by atoms with E-state index >= 15 is 8.78 Å². The van der Waals surface area contributed by atoms with Gasteiger partial charge in [-0.15, -0.1) is 0 Å². The fraction of sp³-hybridized carbons (Fsp3) is 0.389. The number of hydrogen-bond acceptors (Lipinski definition) is 5. The maximum absolute atomic E-state index is 15.4. The Hall–Kier alpha value is -2.26. The Morgan fingerprint density at radius 2 is 1.68 bits per heavy atom. The molecule has 2 heterocycles. The van der Waals surface area contributed by atoms with Crippen molar-refractivity contribution in [1.82, 2.24) is 9.97 Å². The average molecular weight is 417 g/mol. The summed E-state index contributed by atoms with van der Waals surface area (Å²) in [6, 6.07) is 1.41. The predicted molar refractivity (Wildman–Crippen MR) is 96.3 cm³/mol. The number of alkyl halides is 2. The van der Waals surface area contributed by atoms with Gasteiger partial charge < -0.3 is 10.5 Å². The zero-order chi connectivity index (χ0) is 20.9. The highest BCUT2D eigenvalue weighted by Gasteiger charge is 2.64. The summed E-state index contributed by atoms with van der Waals surface area (Å²) >= 11 is 5.72. The van der Waals surface area contributed by atoms with Gasteiger partial charge in [-0.2, -0.15) is 0 Å².